The van der Waals surface area contributed by atoms with Crippen LogP contribution in [-0.2, 0) is 22.5 Å². The number of carbonyl (C=O) groups excluding carboxylic acids is 1. The van der Waals surface area contributed by atoms with Crippen molar-refractivity contribution in [2.45, 2.75) is 18.1 Å². The van der Waals surface area contributed by atoms with E-state index in [1.54, 1.807) is 13.0 Å². The largest absolute Gasteiger partial charge is 0.305 e. The molecule has 0 saturated carbocycles. The van der Waals surface area contributed by atoms with Gasteiger partial charge in [0.2, 0.25) is 0 Å². The topological polar surface area (TPSA) is 163 Å². The van der Waals surface area contributed by atoms with Crippen LogP contribution >= 0.6 is 23.7 Å². The molecule has 1 amide bonds. The predicted octanol–water partition coefficient (Wildman–Crippen LogP) is 0.823. The number of benzene rings is 1. The number of hydrogen-bond donors (Lipinski definition) is 4. The number of halogens is 1. The second kappa shape index (κ2) is 10.2. The number of aryl methyl sites for hydroxylation is 1. The molecule has 1 atom stereocenters. The van der Waals surface area contributed by atoms with Gasteiger partial charge in [-0.15, -0.1) is 23.7 Å². The number of carbonyl (C=O) groups is 1. The molecule has 1 heterocycles. The molecule has 2 rings (SSSR count). The number of aromatic nitrogens is 1. The van der Waals surface area contributed by atoms with Crippen LogP contribution in [0.15, 0.2) is 34.1 Å². The van der Waals surface area contributed by atoms with Crippen LogP contribution in [0.4, 0.5) is 5.69 Å². The summed E-state index contributed by atoms with van der Waals surface area (Å²) in [6.07, 6.45) is 1.10. The normalized spacial score (nSPS) is 12.8. The van der Waals surface area contributed by atoms with E-state index in [1.165, 1.54) is 24.6 Å². The van der Waals surface area contributed by atoms with Crippen LogP contribution < -0.4 is 9.67 Å². The Morgan fingerprint density at radius 1 is 1.38 bits per heavy atom. The fraction of sp³-hybridized carbons (Fsp3) is 0.167. The van der Waals surface area contributed by atoms with E-state index in [0.717, 1.165) is 23.1 Å². The molecule has 1 aromatic heterocycles. The number of thiazole rings is 1. The molecule has 0 fully saturated rings. The van der Waals surface area contributed by atoms with E-state index < -0.39 is 24.3 Å². The van der Waals surface area contributed by atoms with Crippen molar-refractivity contribution < 1.29 is 34.7 Å². The van der Waals surface area contributed by atoms with E-state index in [4.69, 9.17) is 9.81 Å². The van der Waals surface area contributed by atoms with Gasteiger partial charge in [0, 0.05) is 0 Å². The van der Waals surface area contributed by atoms with Crippen molar-refractivity contribution in [1.29, 1.82) is 0 Å². The average molecular weight is 491 g/mol. The van der Waals surface area contributed by atoms with Crippen molar-refractivity contribution in [2.24, 2.45) is 0 Å². The molecule has 14 heteroatoms. The second-order valence-electron chi connectivity index (χ2n) is 4.60. The number of amides is 1. The molecular weight excluding hydrogens is 475 g/mol. The molecule has 26 heavy (non-hydrogen) atoms. The molecule has 0 saturated heterocycles. The summed E-state index contributed by atoms with van der Waals surface area (Å²) in [5.74, 6) is -0.375. The molecule has 1 aromatic carbocycles. The maximum absolute atomic E-state index is 11.5. The summed E-state index contributed by atoms with van der Waals surface area (Å²) in [6.45, 7) is 3.05. The summed E-state index contributed by atoms with van der Waals surface area (Å²) in [5.41, 5.74) is 2.32. The first-order chi connectivity index (χ1) is 11.5. The zero-order chi connectivity index (χ0) is 19.3. The third-order valence-electron chi connectivity index (χ3n) is 2.54. The summed E-state index contributed by atoms with van der Waals surface area (Å²) in [6, 6.07) is 4.46. The van der Waals surface area contributed by atoms with Gasteiger partial charge < -0.3 is 0 Å². The van der Waals surface area contributed by atoms with E-state index in [2.05, 4.69) is 14.2 Å². The van der Waals surface area contributed by atoms with Crippen molar-refractivity contribution in [3.63, 3.8) is 0 Å². The second-order valence-corrected chi connectivity index (χ2v) is 10.7. The van der Waals surface area contributed by atoms with Crippen LogP contribution in [0.1, 0.15) is 12.5 Å². The monoisotopic (exact) mass is 490 g/mol. The first kappa shape index (κ1) is 24.8. The zero-order valence-electron chi connectivity index (χ0n) is 13.4. The van der Waals surface area contributed by atoms with Crippen LogP contribution in [0, 0.1) is 6.92 Å². The van der Waals surface area contributed by atoms with Gasteiger partial charge in [0.25, 0.3) is 0 Å². The number of nitrogens with zero attached hydrogens (tertiary/aromatic N) is 1. The van der Waals surface area contributed by atoms with Crippen LogP contribution in [0.25, 0.3) is 0 Å². The molecule has 146 valence electrons. The molecule has 0 radical (unpaired) electrons. The Morgan fingerprint density at radius 3 is 2.38 bits per heavy atom. The summed E-state index contributed by atoms with van der Waals surface area (Å²) < 4.78 is 53.0. The smallest absolute Gasteiger partial charge is 0.281 e. The summed E-state index contributed by atoms with van der Waals surface area (Å²) in [7, 11) is -4.00. The van der Waals surface area contributed by atoms with Gasteiger partial charge >= 0.3 is 105 Å². The molecule has 10 nitrogen and oxygen atoms in total. The molecule has 0 aliphatic carbocycles. The van der Waals surface area contributed by atoms with Crippen LogP contribution in [0.5, 0.6) is 0 Å². The van der Waals surface area contributed by atoms with Gasteiger partial charge in [-0.25, -0.2) is 0 Å². The van der Waals surface area contributed by atoms with Gasteiger partial charge in [-0.1, -0.05) is 0 Å². The number of nitrogens with one attached hydrogen (secondary N) is 1. The van der Waals surface area contributed by atoms with Crippen LogP contribution in [0.3, 0.4) is 0 Å². The Morgan fingerprint density at radius 2 is 2.00 bits per heavy atom. The first-order valence-electron chi connectivity index (χ1n) is 6.38. The molecule has 0 bridgehead atoms. The SMILES string of the molecule is CC(=O)Nc1cc(C)ccc1[As](=O)(O)OO.Cl.O=S(=O)(O)c1cncs1. The van der Waals surface area contributed by atoms with Gasteiger partial charge in [-0.05, 0) is 0 Å². The van der Waals surface area contributed by atoms with E-state index in [-0.39, 0.29) is 32.6 Å². The van der Waals surface area contributed by atoms with Gasteiger partial charge in [0.15, 0.2) is 4.21 Å². The van der Waals surface area contributed by atoms with Crippen LogP contribution in [-0.4, -0.2) is 47.4 Å². The Balaban J connectivity index is 0.000000532. The predicted molar refractivity (Wildman–Crippen MR) is 96.7 cm³/mol. The summed E-state index contributed by atoms with van der Waals surface area (Å²) in [5, 5.41) is 10.8. The quantitative estimate of drug-likeness (QED) is 0.210. The van der Waals surface area contributed by atoms with Crippen molar-refractivity contribution in [3.8, 4) is 0 Å². The molecule has 0 aliphatic rings. The maximum Gasteiger partial charge on any atom is 0.305 e. The van der Waals surface area contributed by atoms with Gasteiger partial charge in [0.1, 0.15) is 0 Å². The minimum Gasteiger partial charge on any atom is -0.281 e. The first-order valence-corrected chi connectivity index (χ1v) is 12.0. The van der Waals surface area contributed by atoms with Crippen LogP contribution in [0.2, 0.25) is 0 Å². The Hall–Kier alpha value is -1.24. The number of hydrogen-bond acceptors (Lipinski definition) is 8. The van der Waals surface area contributed by atoms with Crippen molar-refractivity contribution in [1.82, 2.24) is 4.98 Å². The van der Waals surface area contributed by atoms with E-state index in [1.807, 2.05) is 0 Å². The fourth-order valence-corrected chi connectivity index (χ4v) is 4.35. The maximum atomic E-state index is 11.5. The average Bonchev–Trinajstić information content (AvgIpc) is 3.01. The van der Waals surface area contributed by atoms with Gasteiger partial charge in [-0.2, -0.15) is 8.42 Å². The third-order valence-corrected chi connectivity index (χ3v) is 7.20. The van der Waals surface area contributed by atoms with Gasteiger partial charge in [-0.3, -0.25) is 9.54 Å². The third kappa shape index (κ3) is 7.56. The number of anilines is 1. The Bertz CT molecular complexity index is 889. The molecule has 4 N–H and O–H groups in total. The summed E-state index contributed by atoms with van der Waals surface area (Å²) in [4.78, 5) is 14.4. The molecule has 2 aromatic rings. The van der Waals surface area contributed by atoms with E-state index in [9.17, 15) is 21.0 Å². The molecule has 0 aliphatic heterocycles. The van der Waals surface area contributed by atoms with Gasteiger partial charge in [0.05, 0.1) is 11.7 Å². The molecule has 0 spiro atoms. The summed E-state index contributed by atoms with van der Waals surface area (Å²) >= 11 is -4.07. The molecule has 1 unspecified atom stereocenters. The Kier molecular flexibility index (Phi) is 9.70. The zero-order valence-corrected chi connectivity index (χ0v) is 17.7. The van der Waals surface area contributed by atoms with Crippen molar-refractivity contribution in [2.75, 3.05) is 5.32 Å². The fourth-order valence-electron chi connectivity index (χ4n) is 1.56. The van der Waals surface area contributed by atoms with Crippen molar-refractivity contribution >= 4 is 64.0 Å². The van der Waals surface area contributed by atoms with Crippen molar-refractivity contribution in [3.05, 3.63) is 35.5 Å². The van der Waals surface area contributed by atoms with E-state index >= 15 is 0 Å². The molecular formula is C12H16AsClN2O8S2. The minimum atomic E-state index is -4.95. The Labute approximate surface area is 162 Å². The number of rotatable bonds is 4. The standard InChI is InChI=1S/C9H12AsNO5.C3H3NO3S2.ClH/c1-6-3-4-8(10(13,14)16-15)9(5-6)11-7(2)12;5-9(6,7)3-1-4-2-8-3;/h3-5,15H,1-2H3,(H,11,12)(H,13,14);1-2H,(H,5,6,7);1H. The van der Waals surface area contributed by atoms with E-state index in [0.29, 0.717) is 0 Å². The minimum absolute atomic E-state index is 0.